The second-order valence-electron chi connectivity index (χ2n) is 7.19. The van der Waals surface area contributed by atoms with Crippen LogP contribution in [0.25, 0.3) is 0 Å². The van der Waals surface area contributed by atoms with E-state index in [-0.39, 0.29) is 18.0 Å². The van der Waals surface area contributed by atoms with E-state index in [1.807, 2.05) is 32.0 Å². The minimum atomic E-state index is -0.895. The zero-order valence-corrected chi connectivity index (χ0v) is 18.2. The number of hydrogen-bond acceptors (Lipinski definition) is 3. The van der Waals surface area contributed by atoms with Crippen molar-refractivity contribution in [1.29, 1.82) is 0 Å². The second kappa shape index (κ2) is 10.3. The van der Waals surface area contributed by atoms with Crippen LogP contribution in [0.2, 0.25) is 5.02 Å². The van der Waals surface area contributed by atoms with Crippen LogP contribution in [0.1, 0.15) is 40.0 Å². The molecule has 160 valence electrons. The molecular weight excluding hydrogens is 415 g/mol. The lowest BCUT2D eigenvalue weighted by atomic mass is 10.0. The van der Waals surface area contributed by atoms with Gasteiger partial charge in [-0.25, -0.2) is 4.39 Å². The Hall–Kier alpha value is -3.02. The van der Waals surface area contributed by atoms with Gasteiger partial charge in [-0.1, -0.05) is 67.1 Å². The van der Waals surface area contributed by atoms with Gasteiger partial charge >= 0.3 is 0 Å². The van der Waals surface area contributed by atoms with Crippen LogP contribution in [0.5, 0.6) is 0 Å². The Balaban J connectivity index is 1.87. The van der Waals surface area contributed by atoms with Gasteiger partial charge < -0.3 is 5.32 Å². The highest BCUT2D eigenvalue weighted by molar-refractivity contribution is 6.31. The lowest BCUT2D eigenvalue weighted by Gasteiger charge is -2.21. The van der Waals surface area contributed by atoms with Crippen molar-refractivity contribution in [1.82, 2.24) is 5.32 Å². The van der Waals surface area contributed by atoms with Gasteiger partial charge in [-0.05, 0) is 48.2 Å². The van der Waals surface area contributed by atoms with Crippen LogP contribution in [-0.4, -0.2) is 18.2 Å². The highest BCUT2D eigenvalue weighted by Gasteiger charge is 2.25. The van der Waals surface area contributed by atoms with Gasteiger partial charge in [-0.15, -0.1) is 0 Å². The average molecular weight is 439 g/mol. The van der Waals surface area contributed by atoms with Crippen molar-refractivity contribution in [2.24, 2.45) is 0 Å². The molecule has 0 aliphatic carbocycles. The number of hydrogen-bond donors (Lipinski definition) is 2. The molecule has 0 aliphatic rings. The predicted octanol–water partition coefficient (Wildman–Crippen LogP) is 5.50. The van der Waals surface area contributed by atoms with Crippen molar-refractivity contribution in [3.05, 3.63) is 99.8 Å². The zero-order chi connectivity index (χ0) is 22.4. The smallest absolute Gasteiger partial charge is 0.246 e. The van der Waals surface area contributed by atoms with E-state index in [4.69, 9.17) is 11.6 Å². The largest absolute Gasteiger partial charge is 0.324 e. The second-order valence-corrected chi connectivity index (χ2v) is 7.60. The number of ketones is 1. The van der Waals surface area contributed by atoms with Crippen molar-refractivity contribution in [2.75, 3.05) is 11.9 Å². The molecule has 0 radical (unpaired) electrons. The van der Waals surface area contributed by atoms with Gasteiger partial charge in [-0.3, -0.25) is 14.9 Å². The van der Waals surface area contributed by atoms with Crippen LogP contribution in [-0.2, 0) is 11.2 Å². The molecule has 0 aromatic heterocycles. The molecule has 0 fully saturated rings. The molecule has 0 aliphatic heterocycles. The van der Waals surface area contributed by atoms with Gasteiger partial charge in [-0.2, -0.15) is 0 Å². The average Bonchev–Trinajstić information content (AvgIpc) is 2.76. The summed E-state index contributed by atoms with van der Waals surface area (Å²) in [6.45, 7) is 3.72. The fraction of sp³-hybridized carbons (Fsp3) is 0.200. The van der Waals surface area contributed by atoms with Crippen molar-refractivity contribution in [3.63, 3.8) is 0 Å². The maximum absolute atomic E-state index is 14.0. The number of anilines is 1. The number of benzene rings is 3. The Morgan fingerprint density at radius 1 is 1.00 bits per heavy atom. The Bertz CT molecular complexity index is 1100. The quantitative estimate of drug-likeness (QED) is 0.456. The summed E-state index contributed by atoms with van der Waals surface area (Å²) in [5.41, 5.74) is 3.20. The summed E-state index contributed by atoms with van der Waals surface area (Å²) in [6, 6.07) is 17.7. The summed E-state index contributed by atoms with van der Waals surface area (Å²) in [4.78, 5) is 25.8. The molecule has 0 bridgehead atoms. The third-order valence-corrected chi connectivity index (χ3v) is 5.45. The molecule has 0 spiro atoms. The molecule has 3 aromatic rings. The Kier molecular flexibility index (Phi) is 7.55. The number of aryl methyl sites for hydroxylation is 2. The molecule has 0 heterocycles. The Labute approximate surface area is 186 Å². The topological polar surface area (TPSA) is 58.2 Å². The summed E-state index contributed by atoms with van der Waals surface area (Å²) in [6.07, 6.45) is 0.757. The molecule has 1 atom stereocenters. The van der Waals surface area contributed by atoms with E-state index in [0.29, 0.717) is 10.6 Å². The van der Waals surface area contributed by atoms with E-state index < -0.39 is 17.6 Å². The molecule has 1 amide bonds. The lowest BCUT2D eigenvalue weighted by molar-refractivity contribution is -0.118. The third kappa shape index (κ3) is 5.37. The minimum absolute atomic E-state index is 0.0273. The number of Topliss-reactive ketones (excluding diaryl/α,β-unsaturated/α-hetero) is 1. The predicted molar refractivity (Wildman–Crippen MR) is 122 cm³/mol. The SMILES string of the molecule is CCc1cccc(C)c1NC(=O)C(NCC(=O)c1ccccc1F)c1ccccc1Cl. The standard InChI is InChI=1S/C25H24ClFN2O2/c1-3-17-10-8-9-16(2)23(17)29-25(31)24(18-11-4-6-13-20(18)26)28-15-22(30)19-12-5-7-14-21(19)27/h4-14,24,28H,3,15H2,1-2H3,(H,29,31). The normalized spacial score (nSPS) is 11.7. The molecule has 0 saturated heterocycles. The lowest BCUT2D eigenvalue weighted by Crippen LogP contribution is -2.36. The molecule has 4 nitrogen and oxygen atoms in total. The van der Waals surface area contributed by atoms with E-state index in [2.05, 4.69) is 10.6 Å². The fourth-order valence-corrected chi connectivity index (χ4v) is 3.67. The van der Waals surface area contributed by atoms with Crippen LogP contribution >= 0.6 is 11.6 Å². The maximum Gasteiger partial charge on any atom is 0.246 e. The van der Waals surface area contributed by atoms with Crippen LogP contribution in [0.3, 0.4) is 0 Å². The Morgan fingerprint density at radius 2 is 1.71 bits per heavy atom. The van der Waals surface area contributed by atoms with Gasteiger partial charge in [0, 0.05) is 10.7 Å². The first-order chi connectivity index (χ1) is 14.9. The maximum atomic E-state index is 14.0. The fourth-order valence-electron chi connectivity index (χ4n) is 3.43. The molecule has 2 N–H and O–H groups in total. The number of para-hydroxylation sites is 1. The first kappa shape index (κ1) is 22.7. The van der Waals surface area contributed by atoms with Crippen molar-refractivity contribution < 1.29 is 14.0 Å². The Morgan fingerprint density at radius 3 is 2.42 bits per heavy atom. The molecule has 3 rings (SSSR count). The van der Waals surface area contributed by atoms with Gasteiger partial charge in [0.1, 0.15) is 11.9 Å². The summed E-state index contributed by atoms with van der Waals surface area (Å²) < 4.78 is 14.0. The first-order valence-electron chi connectivity index (χ1n) is 10.1. The van der Waals surface area contributed by atoms with E-state index in [9.17, 15) is 14.0 Å². The molecule has 0 saturated carbocycles. The number of carbonyl (C=O) groups is 2. The highest BCUT2D eigenvalue weighted by Crippen LogP contribution is 2.27. The van der Waals surface area contributed by atoms with E-state index in [0.717, 1.165) is 23.2 Å². The number of halogens is 2. The highest BCUT2D eigenvalue weighted by atomic mass is 35.5. The van der Waals surface area contributed by atoms with Gasteiger partial charge in [0.25, 0.3) is 0 Å². The molecular formula is C25H24ClFN2O2. The third-order valence-electron chi connectivity index (χ3n) is 5.11. The van der Waals surface area contributed by atoms with Crippen molar-refractivity contribution >= 4 is 29.0 Å². The van der Waals surface area contributed by atoms with Crippen molar-refractivity contribution in [2.45, 2.75) is 26.3 Å². The minimum Gasteiger partial charge on any atom is -0.324 e. The van der Waals surface area contributed by atoms with E-state index in [1.165, 1.54) is 18.2 Å². The number of rotatable bonds is 8. The molecule has 1 unspecified atom stereocenters. The van der Waals surface area contributed by atoms with Crippen LogP contribution < -0.4 is 10.6 Å². The van der Waals surface area contributed by atoms with Crippen LogP contribution in [0.15, 0.2) is 66.7 Å². The van der Waals surface area contributed by atoms with Gasteiger partial charge in [0.15, 0.2) is 5.78 Å². The van der Waals surface area contributed by atoms with Crippen LogP contribution in [0.4, 0.5) is 10.1 Å². The van der Waals surface area contributed by atoms with Gasteiger partial charge in [0.2, 0.25) is 5.91 Å². The number of amides is 1. The summed E-state index contributed by atoms with van der Waals surface area (Å²) in [5.74, 6) is -1.40. The monoisotopic (exact) mass is 438 g/mol. The van der Waals surface area contributed by atoms with Gasteiger partial charge in [0.05, 0.1) is 12.1 Å². The summed E-state index contributed by atoms with van der Waals surface area (Å²) in [5, 5.41) is 6.35. The van der Waals surface area contributed by atoms with Crippen LogP contribution in [0, 0.1) is 12.7 Å². The van der Waals surface area contributed by atoms with E-state index in [1.54, 1.807) is 30.3 Å². The zero-order valence-electron chi connectivity index (χ0n) is 17.4. The number of carbonyl (C=O) groups excluding carboxylic acids is 2. The first-order valence-corrected chi connectivity index (χ1v) is 10.4. The van der Waals surface area contributed by atoms with Crippen molar-refractivity contribution in [3.8, 4) is 0 Å². The number of nitrogens with one attached hydrogen (secondary N) is 2. The molecule has 3 aromatic carbocycles. The molecule has 6 heteroatoms. The summed E-state index contributed by atoms with van der Waals surface area (Å²) in [7, 11) is 0. The molecule has 31 heavy (non-hydrogen) atoms. The summed E-state index contributed by atoms with van der Waals surface area (Å²) >= 11 is 6.35. The van der Waals surface area contributed by atoms with E-state index >= 15 is 0 Å².